The van der Waals surface area contributed by atoms with Gasteiger partial charge in [0.05, 0.1) is 15.8 Å². The third kappa shape index (κ3) is 4.00. The van der Waals surface area contributed by atoms with E-state index >= 15 is 0 Å². The quantitative estimate of drug-likeness (QED) is 0.328. The summed E-state index contributed by atoms with van der Waals surface area (Å²) in [7, 11) is -4.61. The van der Waals surface area contributed by atoms with Gasteiger partial charge < -0.3 is 0 Å². The van der Waals surface area contributed by atoms with Crippen molar-refractivity contribution in [2.75, 3.05) is 0 Å². The van der Waals surface area contributed by atoms with Crippen LogP contribution in [-0.4, -0.2) is 23.7 Å². The summed E-state index contributed by atoms with van der Waals surface area (Å²) in [5, 5.41) is 1.00. The molecule has 0 amide bonds. The first kappa shape index (κ1) is 20.2. The van der Waals surface area contributed by atoms with Crippen molar-refractivity contribution in [1.82, 2.24) is 9.55 Å². The molecule has 0 aliphatic carbocycles. The third-order valence-electron chi connectivity index (χ3n) is 3.99. The lowest BCUT2D eigenvalue weighted by Crippen LogP contribution is -2.22. The van der Waals surface area contributed by atoms with Crippen molar-refractivity contribution >= 4 is 32.5 Å². The summed E-state index contributed by atoms with van der Waals surface area (Å²) in [6, 6.07) is 12.3. The number of hydrogen-bond donors (Lipinski definition) is 0. The highest BCUT2D eigenvalue weighted by Crippen LogP contribution is 2.24. The molecule has 0 fully saturated rings. The van der Waals surface area contributed by atoms with Gasteiger partial charge in [-0.25, -0.2) is 13.4 Å². The Morgan fingerprint density at radius 3 is 2.46 bits per heavy atom. The van der Waals surface area contributed by atoms with Crippen LogP contribution in [-0.2, 0) is 22.1 Å². The van der Waals surface area contributed by atoms with Crippen molar-refractivity contribution in [2.45, 2.75) is 28.1 Å². The summed E-state index contributed by atoms with van der Waals surface area (Å²) in [6.45, 7) is 3.96. The molecule has 3 aromatic rings. The summed E-state index contributed by atoms with van der Waals surface area (Å²) in [5.41, 5.74) is 1.12. The summed E-state index contributed by atoms with van der Waals surface area (Å²) in [6.07, 6.45) is 1.60. The van der Waals surface area contributed by atoms with E-state index in [-0.39, 0.29) is 5.56 Å². The van der Waals surface area contributed by atoms with E-state index < -0.39 is 20.5 Å². The number of aromatic nitrogens is 2. The molecular formula is C19H16F2N2O3S2. The lowest BCUT2D eigenvalue weighted by molar-refractivity contribution is 0.234. The summed E-state index contributed by atoms with van der Waals surface area (Å²) >= 11 is 1.30. The third-order valence-corrected chi connectivity index (χ3v) is 6.44. The van der Waals surface area contributed by atoms with Crippen LogP contribution in [0.5, 0.6) is 0 Å². The molecular weight excluding hydrogens is 406 g/mol. The monoisotopic (exact) mass is 422 g/mol. The molecule has 0 aliphatic rings. The molecule has 0 unspecified atom stereocenters. The van der Waals surface area contributed by atoms with Crippen molar-refractivity contribution in [1.29, 1.82) is 0 Å². The zero-order valence-corrected chi connectivity index (χ0v) is 16.2. The van der Waals surface area contributed by atoms with E-state index in [0.29, 0.717) is 33.9 Å². The second-order valence-corrected chi connectivity index (χ2v) is 8.71. The molecule has 3 rings (SSSR count). The molecule has 0 radical (unpaired) electrons. The summed E-state index contributed by atoms with van der Waals surface area (Å²) in [5.74, 6) is -3.07. The summed E-state index contributed by atoms with van der Waals surface area (Å²) in [4.78, 5) is 16.8. The van der Waals surface area contributed by atoms with Crippen molar-refractivity contribution in [3.63, 3.8) is 0 Å². The molecule has 1 aromatic heterocycles. The van der Waals surface area contributed by atoms with Gasteiger partial charge in [0.2, 0.25) is 9.84 Å². The van der Waals surface area contributed by atoms with Gasteiger partial charge in [-0.15, -0.1) is 6.58 Å². The number of benzene rings is 2. The van der Waals surface area contributed by atoms with E-state index in [2.05, 4.69) is 11.6 Å². The summed E-state index contributed by atoms with van der Waals surface area (Å²) < 4.78 is 49.7. The predicted molar refractivity (Wildman–Crippen MR) is 105 cm³/mol. The van der Waals surface area contributed by atoms with Crippen LogP contribution in [0, 0.1) is 0 Å². The normalized spacial score (nSPS) is 11.8. The molecule has 2 aromatic carbocycles. The number of para-hydroxylation sites is 1. The minimum absolute atomic E-state index is 0.175. The first-order valence-electron chi connectivity index (χ1n) is 8.19. The van der Waals surface area contributed by atoms with Gasteiger partial charge in [0, 0.05) is 12.3 Å². The van der Waals surface area contributed by atoms with Gasteiger partial charge in [0.25, 0.3) is 5.56 Å². The van der Waals surface area contributed by atoms with Gasteiger partial charge in [-0.05, 0) is 29.8 Å². The Balaban J connectivity index is 1.88. The molecule has 5 nitrogen and oxygen atoms in total. The lowest BCUT2D eigenvalue weighted by Gasteiger charge is -2.11. The molecule has 0 N–H and O–H groups in total. The van der Waals surface area contributed by atoms with Gasteiger partial charge in [-0.1, -0.05) is 42.1 Å². The minimum Gasteiger partial charge on any atom is -0.283 e. The van der Waals surface area contributed by atoms with Crippen LogP contribution >= 0.6 is 11.8 Å². The number of fused-ring (bicyclic) bond motifs is 1. The molecule has 0 spiro atoms. The maximum Gasteiger partial charge on any atom is 0.341 e. The Kier molecular flexibility index (Phi) is 5.95. The molecule has 9 heteroatoms. The highest BCUT2D eigenvalue weighted by Gasteiger charge is 2.26. The van der Waals surface area contributed by atoms with Crippen LogP contribution in [0.1, 0.15) is 5.56 Å². The maximum absolute atomic E-state index is 12.7. The number of nitrogens with zero attached hydrogens (tertiary/aromatic N) is 2. The van der Waals surface area contributed by atoms with Crippen LogP contribution in [0.15, 0.2) is 76.0 Å². The standard InChI is InChI=1S/C19H16F2N2O3S2/c1-2-11-23-17(24)15-5-3-4-6-16(15)22-19(23)27-12-13-7-9-14(10-8-13)28(25,26)18(20)21/h2-10,18H,1,11-12H2. The number of allylic oxidation sites excluding steroid dienone is 1. The SMILES string of the molecule is C=CCn1c(SCc2ccc(S(=O)(=O)C(F)F)cc2)nc2ccccc2c1=O. The van der Waals surface area contributed by atoms with Crippen LogP contribution in [0.2, 0.25) is 0 Å². The van der Waals surface area contributed by atoms with E-state index in [1.165, 1.54) is 28.5 Å². The average Bonchev–Trinajstić information content (AvgIpc) is 2.69. The van der Waals surface area contributed by atoms with Gasteiger partial charge in [0.15, 0.2) is 5.16 Å². The molecule has 146 valence electrons. The molecule has 0 bridgehead atoms. The van der Waals surface area contributed by atoms with E-state index in [9.17, 15) is 22.0 Å². The van der Waals surface area contributed by atoms with E-state index in [1.54, 1.807) is 30.3 Å². The minimum atomic E-state index is -4.61. The molecule has 1 heterocycles. The van der Waals surface area contributed by atoms with E-state index in [1.807, 2.05) is 0 Å². The smallest absolute Gasteiger partial charge is 0.283 e. The van der Waals surface area contributed by atoms with Crippen molar-refractivity contribution in [2.24, 2.45) is 0 Å². The lowest BCUT2D eigenvalue weighted by atomic mass is 10.2. The maximum atomic E-state index is 12.7. The number of alkyl halides is 2. The zero-order chi connectivity index (χ0) is 20.3. The van der Waals surface area contributed by atoms with E-state index in [0.717, 1.165) is 12.1 Å². The average molecular weight is 422 g/mol. The zero-order valence-electron chi connectivity index (χ0n) is 14.6. The Labute approximate surface area is 164 Å². The predicted octanol–water partition coefficient (Wildman–Crippen LogP) is 3.87. The molecule has 0 saturated heterocycles. The number of hydrogen-bond acceptors (Lipinski definition) is 5. The Bertz CT molecular complexity index is 1170. The van der Waals surface area contributed by atoms with Gasteiger partial charge >= 0.3 is 5.76 Å². The van der Waals surface area contributed by atoms with Crippen LogP contribution in [0.25, 0.3) is 10.9 Å². The fraction of sp³-hybridized carbons (Fsp3) is 0.158. The van der Waals surface area contributed by atoms with E-state index in [4.69, 9.17) is 0 Å². The fourth-order valence-corrected chi connectivity index (χ4v) is 4.26. The number of halogens is 2. The van der Waals surface area contributed by atoms with Crippen molar-refractivity contribution < 1.29 is 17.2 Å². The number of sulfone groups is 1. The van der Waals surface area contributed by atoms with Gasteiger partial charge in [-0.2, -0.15) is 8.78 Å². The first-order chi connectivity index (χ1) is 13.3. The van der Waals surface area contributed by atoms with Crippen molar-refractivity contribution in [3.8, 4) is 0 Å². The van der Waals surface area contributed by atoms with Gasteiger partial charge in [-0.3, -0.25) is 9.36 Å². The molecule has 0 saturated carbocycles. The van der Waals surface area contributed by atoms with Gasteiger partial charge in [0.1, 0.15) is 0 Å². The van der Waals surface area contributed by atoms with Crippen LogP contribution in [0.4, 0.5) is 8.78 Å². The molecule has 0 atom stereocenters. The largest absolute Gasteiger partial charge is 0.341 e. The second kappa shape index (κ2) is 8.24. The fourth-order valence-electron chi connectivity index (χ4n) is 2.57. The van der Waals surface area contributed by atoms with Crippen molar-refractivity contribution in [3.05, 3.63) is 77.1 Å². The van der Waals surface area contributed by atoms with Crippen LogP contribution in [0.3, 0.4) is 0 Å². The highest BCUT2D eigenvalue weighted by atomic mass is 32.2. The highest BCUT2D eigenvalue weighted by molar-refractivity contribution is 7.98. The first-order valence-corrected chi connectivity index (χ1v) is 10.7. The molecule has 28 heavy (non-hydrogen) atoms. The number of rotatable bonds is 7. The number of thioether (sulfide) groups is 1. The van der Waals surface area contributed by atoms with Crippen LogP contribution < -0.4 is 5.56 Å². The Morgan fingerprint density at radius 1 is 1.14 bits per heavy atom. The Morgan fingerprint density at radius 2 is 1.82 bits per heavy atom. The molecule has 0 aliphatic heterocycles. The topological polar surface area (TPSA) is 69.0 Å². The Hall–Kier alpha value is -2.52. The second-order valence-electron chi connectivity index (χ2n) is 5.85.